The van der Waals surface area contributed by atoms with E-state index in [1.165, 1.54) is 16.8 Å². The summed E-state index contributed by atoms with van der Waals surface area (Å²) in [4.78, 5) is 2.34. The normalized spacial score (nSPS) is 13.3. The first-order valence-electron chi connectivity index (χ1n) is 6.82. The van der Waals surface area contributed by atoms with Crippen LogP contribution in [0.3, 0.4) is 0 Å². The molecule has 3 nitrogen and oxygen atoms in total. The maximum atomic E-state index is 9.02. The van der Waals surface area contributed by atoms with Crippen molar-refractivity contribution in [3.63, 3.8) is 0 Å². The average Bonchev–Trinajstić information content (AvgIpc) is 2.46. The molecule has 0 amide bonds. The third kappa shape index (κ3) is 2.00. The zero-order valence-electron chi connectivity index (χ0n) is 11.8. The Hall–Kier alpha value is -2.47. The monoisotopic (exact) mass is 263 g/mol. The SMILES string of the molecule is Cc1cccc(C)c1N1CCNc2cc(C#N)ccc21. The Bertz CT molecular complexity index is 678. The minimum absolute atomic E-state index is 0.694. The molecule has 2 aromatic rings. The van der Waals surface area contributed by atoms with Crippen molar-refractivity contribution in [2.45, 2.75) is 13.8 Å². The minimum Gasteiger partial charge on any atom is -0.382 e. The van der Waals surface area contributed by atoms with Crippen molar-refractivity contribution < 1.29 is 0 Å². The molecule has 1 aliphatic rings. The highest BCUT2D eigenvalue weighted by molar-refractivity contribution is 5.81. The van der Waals surface area contributed by atoms with Crippen LogP contribution in [0.2, 0.25) is 0 Å². The number of anilines is 3. The number of para-hydroxylation sites is 1. The van der Waals surface area contributed by atoms with Crippen LogP contribution >= 0.6 is 0 Å². The highest BCUT2D eigenvalue weighted by atomic mass is 15.2. The molecule has 1 N–H and O–H groups in total. The number of rotatable bonds is 1. The molecule has 0 saturated carbocycles. The number of aryl methyl sites for hydroxylation is 2. The summed E-state index contributed by atoms with van der Waals surface area (Å²) in [5.74, 6) is 0. The second kappa shape index (κ2) is 4.90. The Morgan fingerprint density at radius 2 is 1.90 bits per heavy atom. The molecule has 2 aromatic carbocycles. The maximum Gasteiger partial charge on any atom is 0.0992 e. The van der Waals surface area contributed by atoms with Crippen LogP contribution < -0.4 is 10.2 Å². The van der Waals surface area contributed by atoms with Gasteiger partial charge in [-0.15, -0.1) is 0 Å². The molecule has 0 aliphatic carbocycles. The molecule has 100 valence electrons. The number of nitriles is 1. The van der Waals surface area contributed by atoms with Gasteiger partial charge in [0, 0.05) is 18.8 Å². The molecule has 3 heteroatoms. The van der Waals surface area contributed by atoms with E-state index in [0.717, 1.165) is 24.5 Å². The lowest BCUT2D eigenvalue weighted by Gasteiger charge is -2.34. The van der Waals surface area contributed by atoms with E-state index in [-0.39, 0.29) is 0 Å². The van der Waals surface area contributed by atoms with Gasteiger partial charge in [-0.3, -0.25) is 0 Å². The predicted molar refractivity (Wildman–Crippen MR) is 82.6 cm³/mol. The number of benzene rings is 2. The van der Waals surface area contributed by atoms with Crippen LogP contribution in [0.15, 0.2) is 36.4 Å². The van der Waals surface area contributed by atoms with Crippen molar-refractivity contribution in [1.82, 2.24) is 0 Å². The first kappa shape index (κ1) is 12.6. The second-order valence-electron chi connectivity index (χ2n) is 5.16. The van der Waals surface area contributed by atoms with Crippen molar-refractivity contribution in [3.05, 3.63) is 53.1 Å². The molecule has 0 atom stereocenters. The van der Waals surface area contributed by atoms with E-state index in [0.29, 0.717) is 5.56 Å². The van der Waals surface area contributed by atoms with Crippen LogP contribution in [0.25, 0.3) is 0 Å². The number of fused-ring (bicyclic) bond motifs is 1. The van der Waals surface area contributed by atoms with Gasteiger partial charge in [-0.25, -0.2) is 0 Å². The van der Waals surface area contributed by atoms with E-state index >= 15 is 0 Å². The van der Waals surface area contributed by atoms with Gasteiger partial charge in [-0.1, -0.05) is 18.2 Å². The molecule has 0 aromatic heterocycles. The molecule has 3 rings (SSSR count). The molecule has 0 spiro atoms. The molecule has 0 bridgehead atoms. The molecule has 1 aliphatic heterocycles. The fourth-order valence-corrected chi connectivity index (χ4v) is 2.87. The molecule has 0 fully saturated rings. The molecular weight excluding hydrogens is 246 g/mol. The van der Waals surface area contributed by atoms with E-state index in [2.05, 4.69) is 48.3 Å². The van der Waals surface area contributed by atoms with Gasteiger partial charge in [0.2, 0.25) is 0 Å². The van der Waals surface area contributed by atoms with Crippen molar-refractivity contribution in [1.29, 1.82) is 5.26 Å². The van der Waals surface area contributed by atoms with Crippen LogP contribution in [0.5, 0.6) is 0 Å². The fraction of sp³-hybridized carbons (Fsp3) is 0.235. The Kier molecular flexibility index (Phi) is 3.08. The van der Waals surface area contributed by atoms with Crippen LogP contribution in [-0.4, -0.2) is 13.1 Å². The summed E-state index contributed by atoms with van der Waals surface area (Å²) in [7, 11) is 0. The first-order chi connectivity index (χ1) is 9.70. The Labute approximate surface area is 119 Å². The Morgan fingerprint density at radius 3 is 2.60 bits per heavy atom. The van der Waals surface area contributed by atoms with Gasteiger partial charge >= 0.3 is 0 Å². The summed E-state index contributed by atoms with van der Waals surface area (Å²) >= 11 is 0. The molecule has 0 saturated heterocycles. The predicted octanol–water partition coefficient (Wildman–Crippen LogP) is 3.74. The first-order valence-corrected chi connectivity index (χ1v) is 6.82. The molecule has 0 unspecified atom stereocenters. The van der Waals surface area contributed by atoms with Crippen molar-refractivity contribution in [3.8, 4) is 6.07 Å². The van der Waals surface area contributed by atoms with Crippen molar-refractivity contribution in [2.24, 2.45) is 0 Å². The lowest BCUT2D eigenvalue weighted by molar-refractivity contribution is 0.918. The highest BCUT2D eigenvalue weighted by Crippen LogP contribution is 2.38. The Balaban J connectivity index is 2.13. The topological polar surface area (TPSA) is 39.1 Å². The van der Waals surface area contributed by atoms with E-state index < -0.39 is 0 Å². The summed E-state index contributed by atoms with van der Waals surface area (Å²) in [5, 5.41) is 12.4. The smallest absolute Gasteiger partial charge is 0.0992 e. The second-order valence-corrected chi connectivity index (χ2v) is 5.16. The zero-order chi connectivity index (χ0) is 14.1. The lowest BCUT2D eigenvalue weighted by Crippen LogP contribution is -2.31. The van der Waals surface area contributed by atoms with Gasteiger partial charge in [-0.2, -0.15) is 5.26 Å². The number of nitrogens with zero attached hydrogens (tertiary/aromatic N) is 2. The number of hydrogen-bond donors (Lipinski definition) is 1. The van der Waals surface area contributed by atoms with Crippen LogP contribution in [0, 0.1) is 25.2 Å². The van der Waals surface area contributed by atoms with Gasteiger partial charge in [0.25, 0.3) is 0 Å². The zero-order valence-corrected chi connectivity index (χ0v) is 11.8. The minimum atomic E-state index is 0.694. The lowest BCUT2D eigenvalue weighted by atomic mass is 10.0. The molecule has 0 radical (unpaired) electrons. The van der Waals surface area contributed by atoms with E-state index in [1.54, 1.807) is 0 Å². The van der Waals surface area contributed by atoms with Gasteiger partial charge < -0.3 is 10.2 Å². The Morgan fingerprint density at radius 1 is 1.15 bits per heavy atom. The van der Waals surface area contributed by atoms with Gasteiger partial charge in [-0.05, 0) is 43.2 Å². The van der Waals surface area contributed by atoms with Crippen molar-refractivity contribution >= 4 is 17.1 Å². The quantitative estimate of drug-likeness (QED) is 0.852. The summed E-state index contributed by atoms with van der Waals surface area (Å²) in [6.45, 7) is 6.11. The summed E-state index contributed by atoms with van der Waals surface area (Å²) in [5.41, 5.74) is 6.72. The highest BCUT2D eigenvalue weighted by Gasteiger charge is 2.20. The van der Waals surface area contributed by atoms with E-state index in [9.17, 15) is 0 Å². The van der Waals surface area contributed by atoms with Gasteiger partial charge in [0.1, 0.15) is 0 Å². The molecular formula is C17H17N3. The summed E-state index contributed by atoms with van der Waals surface area (Å²) in [6, 6.07) is 14.4. The average molecular weight is 263 g/mol. The van der Waals surface area contributed by atoms with E-state index in [4.69, 9.17) is 5.26 Å². The summed E-state index contributed by atoms with van der Waals surface area (Å²) in [6.07, 6.45) is 0. The summed E-state index contributed by atoms with van der Waals surface area (Å²) < 4.78 is 0. The van der Waals surface area contributed by atoms with Gasteiger partial charge in [0.05, 0.1) is 23.0 Å². The fourth-order valence-electron chi connectivity index (χ4n) is 2.87. The third-order valence-corrected chi connectivity index (χ3v) is 3.78. The molecule has 1 heterocycles. The van der Waals surface area contributed by atoms with E-state index in [1.807, 2.05) is 18.2 Å². The van der Waals surface area contributed by atoms with Crippen LogP contribution in [0.4, 0.5) is 17.1 Å². The standard InChI is InChI=1S/C17H17N3/c1-12-4-3-5-13(2)17(12)20-9-8-19-15-10-14(11-18)6-7-16(15)20/h3-7,10,19H,8-9H2,1-2H3. The van der Waals surface area contributed by atoms with Crippen molar-refractivity contribution in [2.75, 3.05) is 23.3 Å². The maximum absolute atomic E-state index is 9.02. The van der Waals surface area contributed by atoms with Crippen LogP contribution in [-0.2, 0) is 0 Å². The largest absolute Gasteiger partial charge is 0.382 e. The number of hydrogen-bond acceptors (Lipinski definition) is 3. The van der Waals surface area contributed by atoms with Gasteiger partial charge in [0.15, 0.2) is 0 Å². The third-order valence-electron chi connectivity index (χ3n) is 3.78. The van der Waals surface area contributed by atoms with Crippen LogP contribution in [0.1, 0.15) is 16.7 Å². The number of nitrogens with one attached hydrogen (secondary N) is 1. The molecule has 20 heavy (non-hydrogen) atoms.